The summed E-state index contributed by atoms with van der Waals surface area (Å²) in [4.78, 5) is 23.7. The molecule has 0 saturated carbocycles. The topological polar surface area (TPSA) is 93.4 Å². The Labute approximate surface area is 125 Å². The van der Waals surface area contributed by atoms with Gasteiger partial charge in [0.25, 0.3) is 0 Å². The third-order valence-electron chi connectivity index (χ3n) is 3.62. The van der Waals surface area contributed by atoms with E-state index in [2.05, 4.69) is 5.32 Å². The number of nitrogens with one attached hydrogen (secondary N) is 1. The van der Waals surface area contributed by atoms with Crippen molar-refractivity contribution in [3.63, 3.8) is 0 Å². The first kappa shape index (κ1) is 18.1. The molecule has 1 heterocycles. The van der Waals surface area contributed by atoms with Crippen LogP contribution < -0.4 is 5.32 Å². The number of aliphatic carboxylic acids is 1. The lowest BCUT2D eigenvalue weighted by Gasteiger charge is -2.24. The van der Waals surface area contributed by atoms with Crippen molar-refractivity contribution in [3.8, 4) is 6.07 Å². The Morgan fingerprint density at radius 2 is 1.95 bits per heavy atom. The van der Waals surface area contributed by atoms with Gasteiger partial charge in [0.1, 0.15) is 0 Å². The van der Waals surface area contributed by atoms with E-state index in [1.807, 2.05) is 6.07 Å². The molecule has 2 N–H and O–H groups in total. The Morgan fingerprint density at radius 1 is 1.36 bits per heavy atom. The first-order valence-corrected chi connectivity index (χ1v) is 6.67. The molecular formula is C13H18F3N3O3. The predicted octanol–water partition coefficient (Wildman–Crippen LogP) is 1.83. The smallest absolute Gasteiger partial charge is 0.394 e. The van der Waals surface area contributed by atoms with E-state index in [4.69, 9.17) is 10.4 Å². The number of amides is 2. The Morgan fingerprint density at radius 3 is 2.36 bits per heavy atom. The molecular weight excluding hydrogens is 303 g/mol. The molecule has 22 heavy (non-hydrogen) atoms. The highest BCUT2D eigenvalue weighted by Crippen LogP contribution is 2.37. The van der Waals surface area contributed by atoms with Gasteiger partial charge in [-0.2, -0.15) is 18.4 Å². The van der Waals surface area contributed by atoms with Crippen molar-refractivity contribution in [1.82, 2.24) is 10.2 Å². The van der Waals surface area contributed by atoms with Crippen LogP contribution in [-0.4, -0.2) is 47.8 Å². The molecule has 9 heteroatoms. The highest BCUT2D eigenvalue weighted by Gasteiger charge is 2.53. The zero-order chi connectivity index (χ0) is 17.1. The SMILES string of the molecule is CC(C)(CC#N)CNC(=O)N1C[C@@H](C(F)(F)F)[C@H](C(=O)O)C1. The lowest BCUT2D eigenvalue weighted by atomic mass is 9.90. The molecule has 0 spiro atoms. The van der Waals surface area contributed by atoms with Crippen molar-refractivity contribution < 1.29 is 27.9 Å². The second kappa shape index (κ2) is 6.42. The molecule has 124 valence electrons. The summed E-state index contributed by atoms with van der Waals surface area (Å²) in [6.07, 6.45) is -4.49. The second-order valence-electron chi connectivity index (χ2n) is 6.16. The normalized spacial score (nSPS) is 22.3. The molecule has 1 aliphatic heterocycles. The monoisotopic (exact) mass is 321 g/mol. The number of likely N-dealkylation sites (tertiary alicyclic amines) is 1. The van der Waals surface area contributed by atoms with Crippen LogP contribution in [0.3, 0.4) is 0 Å². The Balaban J connectivity index is 2.69. The third-order valence-corrected chi connectivity index (χ3v) is 3.62. The van der Waals surface area contributed by atoms with Gasteiger partial charge in [0.05, 0.1) is 17.9 Å². The predicted molar refractivity (Wildman–Crippen MR) is 69.7 cm³/mol. The lowest BCUT2D eigenvalue weighted by molar-refractivity contribution is -0.187. The molecule has 0 radical (unpaired) electrons. The van der Waals surface area contributed by atoms with Crippen LogP contribution in [0.2, 0.25) is 0 Å². The zero-order valence-electron chi connectivity index (χ0n) is 12.3. The van der Waals surface area contributed by atoms with E-state index in [9.17, 15) is 22.8 Å². The van der Waals surface area contributed by atoms with Gasteiger partial charge < -0.3 is 15.3 Å². The third kappa shape index (κ3) is 4.51. The maximum atomic E-state index is 12.8. The van der Waals surface area contributed by atoms with Crippen LogP contribution in [0.1, 0.15) is 20.3 Å². The average Bonchev–Trinajstić information content (AvgIpc) is 2.81. The summed E-state index contributed by atoms with van der Waals surface area (Å²) in [5, 5.41) is 20.0. The quantitative estimate of drug-likeness (QED) is 0.826. The van der Waals surface area contributed by atoms with Crippen LogP contribution in [-0.2, 0) is 4.79 Å². The highest BCUT2D eigenvalue weighted by molar-refractivity contribution is 5.77. The van der Waals surface area contributed by atoms with Crippen molar-refractivity contribution in [2.24, 2.45) is 17.3 Å². The molecule has 1 aliphatic rings. The Bertz CT molecular complexity index is 485. The van der Waals surface area contributed by atoms with E-state index < -0.39 is 48.5 Å². The number of carboxylic acids is 1. The van der Waals surface area contributed by atoms with Gasteiger partial charge in [-0.1, -0.05) is 13.8 Å². The van der Waals surface area contributed by atoms with E-state index >= 15 is 0 Å². The lowest BCUT2D eigenvalue weighted by Crippen LogP contribution is -2.43. The van der Waals surface area contributed by atoms with Crippen LogP contribution >= 0.6 is 0 Å². The van der Waals surface area contributed by atoms with Crippen LogP contribution in [0, 0.1) is 28.6 Å². The van der Waals surface area contributed by atoms with E-state index in [1.54, 1.807) is 13.8 Å². The molecule has 0 bridgehead atoms. The molecule has 2 atom stereocenters. The number of carbonyl (C=O) groups is 2. The molecule has 1 fully saturated rings. The Kier molecular flexibility index (Phi) is 5.27. The van der Waals surface area contributed by atoms with Crippen molar-refractivity contribution in [2.75, 3.05) is 19.6 Å². The minimum Gasteiger partial charge on any atom is -0.481 e. The molecule has 0 aliphatic carbocycles. The average molecular weight is 321 g/mol. The number of carboxylic acid groups (broad SMARTS) is 1. The molecule has 2 amide bonds. The van der Waals surface area contributed by atoms with Gasteiger partial charge in [0.15, 0.2) is 0 Å². The van der Waals surface area contributed by atoms with Crippen molar-refractivity contribution >= 4 is 12.0 Å². The second-order valence-corrected chi connectivity index (χ2v) is 6.16. The largest absolute Gasteiger partial charge is 0.481 e. The number of nitriles is 1. The Hall–Kier alpha value is -1.98. The first-order chi connectivity index (χ1) is 9.98. The standard InChI is InChI=1S/C13H18F3N3O3/c1-12(2,3-4-17)7-18-11(22)19-5-8(10(20)21)9(6-19)13(14,15)16/h8-9H,3,5-7H2,1-2H3,(H,18,22)(H,20,21)/t8-,9-/m1/s1. The summed E-state index contributed by atoms with van der Waals surface area (Å²) in [5.74, 6) is -5.29. The summed E-state index contributed by atoms with van der Waals surface area (Å²) >= 11 is 0. The van der Waals surface area contributed by atoms with Gasteiger partial charge in [-0.05, 0) is 5.41 Å². The molecule has 0 aromatic rings. The maximum absolute atomic E-state index is 12.8. The number of halogens is 3. The summed E-state index contributed by atoms with van der Waals surface area (Å²) in [6, 6.07) is 1.21. The van der Waals surface area contributed by atoms with Crippen molar-refractivity contribution in [1.29, 1.82) is 5.26 Å². The summed E-state index contributed by atoms with van der Waals surface area (Å²) in [6.45, 7) is 2.43. The van der Waals surface area contributed by atoms with E-state index in [0.29, 0.717) is 0 Å². The van der Waals surface area contributed by atoms with Crippen LogP contribution in [0.25, 0.3) is 0 Å². The van der Waals surface area contributed by atoms with Crippen LogP contribution in [0.5, 0.6) is 0 Å². The van der Waals surface area contributed by atoms with Gasteiger partial charge in [-0.15, -0.1) is 0 Å². The molecule has 0 aromatic heterocycles. The van der Waals surface area contributed by atoms with Gasteiger partial charge in [0, 0.05) is 26.1 Å². The fraction of sp³-hybridized carbons (Fsp3) is 0.769. The van der Waals surface area contributed by atoms with Crippen molar-refractivity contribution in [3.05, 3.63) is 0 Å². The molecule has 0 unspecified atom stereocenters. The number of alkyl halides is 3. The fourth-order valence-electron chi connectivity index (χ4n) is 2.25. The van der Waals surface area contributed by atoms with Gasteiger partial charge >= 0.3 is 18.2 Å². The van der Waals surface area contributed by atoms with Crippen LogP contribution in [0.4, 0.5) is 18.0 Å². The zero-order valence-corrected chi connectivity index (χ0v) is 12.3. The molecule has 1 saturated heterocycles. The van der Waals surface area contributed by atoms with Gasteiger partial charge in [-0.3, -0.25) is 4.79 Å². The minimum atomic E-state index is -4.67. The molecule has 1 rings (SSSR count). The van der Waals surface area contributed by atoms with E-state index in [0.717, 1.165) is 4.90 Å². The van der Waals surface area contributed by atoms with Crippen molar-refractivity contribution in [2.45, 2.75) is 26.4 Å². The molecule has 6 nitrogen and oxygen atoms in total. The van der Waals surface area contributed by atoms with Crippen LogP contribution in [0.15, 0.2) is 0 Å². The number of urea groups is 1. The number of hydrogen-bond donors (Lipinski definition) is 2. The van der Waals surface area contributed by atoms with E-state index in [-0.39, 0.29) is 13.0 Å². The maximum Gasteiger partial charge on any atom is 0.394 e. The number of rotatable bonds is 4. The van der Waals surface area contributed by atoms with Gasteiger partial charge in [0.2, 0.25) is 0 Å². The highest BCUT2D eigenvalue weighted by atomic mass is 19.4. The summed E-state index contributed by atoms with van der Waals surface area (Å²) in [5.41, 5.74) is -0.514. The summed E-state index contributed by atoms with van der Waals surface area (Å²) in [7, 11) is 0. The minimum absolute atomic E-state index is 0.115. The first-order valence-electron chi connectivity index (χ1n) is 6.67. The number of carbonyl (C=O) groups excluding carboxylic acids is 1. The summed E-state index contributed by atoms with van der Waals surface area (Å²) < 4.78 is 38.5. The number of hydrogen-bond acceptors (Lipinski definition) is 3. The fourth-order valence-corrected chi connectivity index (χ4v) is 2.25. The molecule has 0 aromatic carbocycles. The number of nitrogens with zero attached hydrogens (tertiary/aromatic N) is 2. The van der Waals surface area contributed by atoms with Gasteiger partial charge in [-0.25, -0.2) is 4.79 Å². The van der Waals surface area contributed by atoms with E-state index in [1.165, 1.54) is 0 Å².